The van der Waals surface area contributed by atoms with Crippen molar-refractivity contribution in [2.24, 2.45) is 14.1 Å². The van der Waals surface area contributed by atoms with Crippen LogP contribution >= 0.6 is 0 Å². The van der Waals surface area contributed by atoms with E-state index in [1.54, 1.807) is 0 Å². The summed E-state index contributed by atoms with van der Waals surface area (Å²) in [5, 5.41) is 6.34. The molecule has 3 aromatic heterocycles. The van der Waals surface area contributed by atoms with E-state index in [1.807, 2.05) is 20.0 Å². The number of benzene rings is 2. The predicted molar refractivity (Wildman–Crippen MR) is 144 cm³/mol. The molecule has 1 aliphatic heterocycles. The van der Waals surface area contributed by atoms with Gasteiger partial charge in [-0.05, 0) is 67.4 Å². The second-order valence-corrected chi connectivity index (χ2v) is 9.09. The highest BCUT2D eigenvalue weighted by Gasteiger charge is 2.29. The number of nitrogens with zero attached hydrogens (tertiary/aromatic N) is 3. The molecule has 1 N–H and O–H groups in total. The second-order valence-electron chi connectivity index (χ2n) is 9.09. The van der Waals surface area contributed by atoms with Gasteiger partial charge in [0, 0.05) is 66.1 Å². The first-order valence-corrected chi connectivity index (χ1v) is 12.4. The van der Waals surface area contributed by atoms with Gasteiger partial charge in [0.25, 0.3) is 0 Å². The van der Waals surface area contributed by atoms with Crippen LogP contribution in [0.25, 0.3) is 32.9 Å². The Kier molecular flexibility index (Phi) is 6.01. The van der Waals surface area contributed by atoms with Crippen molar-refractivity contribution >= 4 is 21.8 Å². The van der Waals surface area contributed by atoms with Gasteiger partial charge in [0.2, 0.25) is 0 Å². The average Bonchev–Trinajstić information content (AvgIpc) is 3.26. The molecule has 0 radical (unpaired) electrons. The van der Waals surface area contributed by atoms with Crippen LogP contribution < -0.4 is 5.32 Å². The van der Waals surface area contributed by atoms with Gasteiger partial charge >= 0.3 is 0 Å². The topological polar surface area (TPSA) is 34.8 Å². The lowest BCUT2D eigenvalue weighted by Crippen LogP contribution is -2.23. The lowest BCUT2D eigenvalue weighted by Gasteiger charge is -2.21. The zero-order valence-corrected chi connectivity index (χ0v) is 20.9. The number of pyridine rings is 1. The second kappa shape index (κ2) is 9.11. The molecule has 2 aromatic carbocycles. The van der Waals surface area contributed by atoms with Crippen LogP contribution in [-0.4, -0.2) is 27.2 Å². The molecule has 1 unspecified atom stereocenters. The van der Waals surface area contributed by atoms with E-state index in [-0.39, 0.29) is 5.92 Å². The Balaban J connectivity index is 0.00000117. The molecular weight excluding hydrogens is 416 g/mol. The van der Waals surface area contributed by atoms with Crippen LogP contribution in [0, 0.1) is 6.92 Å². The highest BCUT2D eigenvalue weighted by Crippen LogP contribution is 2.39. The predicted octanol–water partition coefficient (Wildman–Crippen LogP) is 6.34. The maximum atomic E-state index is 4.97. The van der Waals surface area contributed by atoms with Crippen molar-refractivity contribution in [3.8, 4) is 11.1 Å². The third kappa shape index (κ3) is 3.63. The fourth-order valence-electron chi connectivity index (χ4n) is 5.53. The first-order valence-electron chi connectivity index (χ1n) is 12.4. The third-order valence-electron chi connectivity index (χ3n) is 7.10. The zero-order valence-electron chi connectivity index (χ0n) is 20.9. The molecule has 4 heterocycles. The quantitative estimate of drug-likeness (QED) is 0.340. The Morgan fingerprint density at radius 3 is 2.65 bits per heavy atom. The lowest BCUT2D eigenvalue weighted by molar-refractivity contribution is 0.634. The molecule has 1 aliphatic rings. The summed E-state index contributed by atoms with van der Waals surface area (Å²) in [6, 6.07) is 20.1. The molecule has 0 spiro atoms. The molecule has 4 nitrogen and oxygen atoms in total. The Bertz CT molecular complexity index is 1470. The zero-order chi connectivity index (χ0) is 23.8. The van der Waals surface area contributed by atoms with Gasteiger partial charge in [-0.1, -0.05) is 37.6 Å². The van der Waals surface area contributed by atoms with Crippen molar-refractivity contribution in [3.63, 3.8) is 0 Å². The monoisotopic (exact) mass is 450 g/mol. The van der Waals surface area contributed by atoms with E-state index in [2.05, 4.69) is 96.3 Å². The third-order valence-corrected chi connectivity index (χ3v) is 7.10. The normalized spacial score (nSPS) is 15.6. The van der Waals surface area contributed by atoms with Gasteiger partial charge in [0.1, 0.15) is 0 Å². The molecular formula is C30H34N4. The molecule has 0 saturated carbocycles. The van der Waals surface area contributed by atoms with E-state index in [4.69, 9.17) is 4.98 Å². The summed E-state index contributed by atoms with van der Waals surface area (Å²) in [6.07, 6.45) is 5.11. The number of rotatable bonds is 2. The molecule has 0 bridgehead atoms. The van der Waals surface area contributed by atoms with Crippen LogP contribution in [0.4, 0.5) is 0 Å². The molecule has 0 saturated heterocycles. The molecule has 5 aromatic rings. The molecule has 174 valence electrons. The molecule has 34 heavy (non-hydrogen) atoms. The van der Waals surface area contributed by atoms with Crippen molar-refractivity contribution in [1.82, 2.24) is 19.4 Å². The number of aromatic nitrogens is 3. The molecule has 0 amide bonds. The summed E-state index contributed by atoms with van der Waals surface area (Å²) in [7, 11) is 4.31. The Labute approximate surface area is 202 Å². The first-order chi connectivity index (χ1) is 16.6. The van der Waals surface area contributed by atoms with E-state index >= 15 is 0 Å². The van der Waals surface area contributed by atoms with Gasteiger partial charge in [-0.3, -0.25) is 4.98 Å². The maximum Gasteiger partial charge on any atom is 0.0584 e. The van der Waals surface area contributed by atoms with Crippen LogP contribution in [0.5, 0.6) is 0 Å². The minimum absolute atomic E-state index is 0.202. The summed E-state index contributed by atoms with van der Waals surface area (Å²) in [5.41, 5.74) is 10.4. The smallest absolute Gasteiger partial charge is 0.0584 e. The molecule has 0 fully saturated rings. The van der Waals surface area contributed by atoms with Crippen LogP contribution in [0.15, 0.2) is 67.0 Å². The number of aryl methyl sites for hydroxylation is 3. The van der Waals surface area contributed by atoms with Crippen LogP contribution in [0.3, 0.4) is 0 Å². The number of nitrogens with one attached hydrogen (secondary N) is 1. The van der Waals surface area contributed by atoms with E-state index in [0.717, 1.165) is 25.2 Å². The Morgan fingerprint density at radius 2 is 1.79 bits per heavy atom. The van der Waals surface area contributed by atoms with Gasteiger partial charge in [-0.15, -0.1) is 0 Å². The Morgan fingerprint density at radius 1 is 0.971 bits per heavy atom. The average molecular weight is 451 g/mol. The van der Waals surface area contributed by atoms with Crippen molar-refractivity contribution in [2.75, 3.05) is 13.1 Å². The van der Waals surface area contributed by atoms with Crippen molar-refractivity contribution < 1.29 is 0 Å². The standard InChI is InChI=1S/C28H28N4.C2H6/c1-18-6-8-26-23(15-18)22-10-13-29-17-24(28(22)32(26)3)27-21(5-4-12-30-27)19-7-9-25-20(16-19)11-14-31(25)2;1-2/h4-9,11-12,14-16,24,29H,10,13,17H2,1-3H3;1-2H3. The summed E-state index contributed by atoms with van der Waals surface area (Å²) in [6.45, 7) is 8.07. The fraction of sp³-hybridized carbons (Fsp3) is 0.300. The van der Waals surface area contributed by atoms with E-state index < -0.39 is 0 Å². The molecule has 4 heteroatoms. The van der Waals surface area contributed by atoms with Gasteiger partial charge < -0.3 is 14.5 Å². The van der Waals surface area contributed by atoms with Crippen molar-refractivity contribution in [2.45, 2.75) is 33.1 Å². The van der Waals surface area contributed by atoms with Crippen molar-refractivity contribution in [1.29, 1.82) is 0 Å². The van der Waals surface area contributed by atoms with Gasteiger partial charge in [-0.25, -0.2) is 0 Å². The minimum atomic E-state index is 0.202. The summed E-state index contributed by atoms with van der Waals surface area (Å²) >= 11 is 0. The highest BCUT2D eigenvalue weighted by atomic mass is 15.0. The SMILES string of the molecule is CC.Cc1ccc2c(c1)c1c(n2C)C(c2ncccc2-c2ccc3c(ccn3C)c2)CNCC1. The lowest BCUT2D eigenvalue weighted by atomic mass is 9.90. The first kappa shape index (κ1) is 22.4. The van der Waals surface area contributed by atoms with Gasteiger partial charge in [0.05, 0.1) is 11.6 Å². The van der Waals surface area contributed by atoms with Crippen LogP contribution in [-0.2, 0) is 20.5 Å². The maximum absolute atomic E-state index is 4.97. The molecule has 6 rings (SSSR count). The number of hydrogen-bond donors (Lipinski definition) is 1. The van der Waals surface area contributed by atoms with E-state index in [1.165, 1.54) is 49.8 Å². The van der Waals surface area contributed by atoms with Crippen molar-refractivity contribution in [3.05, 3.63) is 89.5 Å². The molecule has 1 atom stereocenters. The largest absolute Gasteiger partial charge is 0.351 e. The molecule has 0 aliphatic carbocycles. The number of hydrogen-bond acceptors (Lipinski definition) is 2. The highest BCUT2D eigenvalue weighted by molar-refractivity contribution is 5.88. The summed E-state index contributed by atoms with van der Waals surface area (Å²) in [4.78, 5) is 4.97. The minimum Gasteiger partial charge on any atom is -0.351 e. The van der Waals surface area contributed by atoms with Crippen LogP contribution in [0.2, 0.25) is 0 Å². The van der Waals surface area contributed by atoms with E-state index in [9.17, 15) is 0 Å². The van der Waals surface area contributed by atoms with E-state index in [0.29, 0.717) is 0 Å². The van der Waals surface area contributed by atoms with Gasteiger partial charge in [0.15, 0.2) is 0 Å². The fourth-order valence-corrected chi connectivity index (χ4v) is 5.53. The Hall–Kier alpha value is -3.37. The van der Waals surface area contributed by atoms with Gasteiger partial charge in [-0.2, -0.15) is 0 Å². The summed E-state index contributed by atoms with van der Waals surface area (Å²) < 4.78 is 4.57. The number of fused-ring (bicyclic) bond motifs is 4. The van der Waals surface area contributed by atoms with Crippen LogP contribution in [0.1, 0.15) is 42.3 Å². The summed E-state index contributed by atoms with van der Waals surface area (Å²) in [5.74, 6) is 0.202.